The highest BCUT2D eigenvalue weighted by Gasteiger charge is 2.21. The highest BCUT2D eigenvalue weighted by Crippen LogP contribution is 2.33. The number of urea groups is 1. The number of hydrogen-bond acceptors (Lipinski definition) is 11. The van der Waals surface area contributed by atoms with E-state index in [2.05, 4.69) is 20.1 Å². The Kier molecular flexibility index (Phi) is 9.64. The Balaban J connectivity index is 1.17. The van der Waals surface area contributed by atoms with Crippen molar-refractivity contribution in [3.8, 4) is 11.5 Å². The standard InChI is InChI=1S/C33H26N4O13S4/c38-25-11-19-7-9-23(15-29(19)31(17-25)53(45,46)47)36-51(41,42)27-5-1-3-21(13-27)34-33(40)35-22-4-2-6-28(14-22)52(43,44)37-24-10-8-20-12-26(39)18-32(30(20)16-24)54(48,49)50/h1-18,36-39H,(H2,34,35,40)(H,45,46,47)(H,48,49,50). The Morgan fingerprint density at radius 2 is 0.852 bits per heavy atom. The van der Waals surface area contributed by atoms with Crippen LogP contribution in [0.25, 0.3) is 21.5 Å². The minimum absolute atomic E-state index is 0.0114. The summed E-state index contributed by atoms with van der Waals surface area (Å²) in [6.45, 7) is 0. The molecule has 6 rings (SSSR count). The number of phenolic OH excluding ortho intramolecular Hbond substituents is 2. The highest BCUT2D eigenvalue weighted by atomic mass is 32.2. The van der Waals surface area contributed by atoms with E-state index in [4.69, 9.17) is 0 Å². The number of nitrogens with one attached hydrogen (secondary N) is 4. The van der Waals surface area contributed by atoms with Gasteiger partial charge in [0.25, 0.3) is 40.3 Å². The van der Waals surface area contributed by atoms with E-state index >= 15 is 0 Å². The third-order valence-electron chi connectivity index (χ3n) is 7.67. The Hall–Kier alpha value is -5.97. The molecule has 6 aromatic carbocycles. The smallest absolute Gasteiger partial charge is 0.323 e. The van der Waals surface area contributed by atoms with E-state index in [1.165, 1.54) is 72.8 Å². The van der Waals surface area contributed by atoms with Gasteiger partial charge in [-0.15, -0.1) is 0 Å². The van der Waals surface area contributed by atoms with Crippen molar-refractivity contribution in [2.45, 2.75) is 19.6 Å². The average Bonchev–Trinajstić information content (AvgIpc) is 3.07. The minimum atomic E-state index is -4.79. The molecule has 0 saturated carbocycles. The predicted octanol–water partition coefficient (Wildman–Crippen LogP) is 5.14. The van der Waals surface area contributed by atoms with Crippen LogP contribution in [0, 0.1) is 0 Å². The Bertz CT molecular complexity index is 2770. The molecule has 0 fully saturated rings. The number of phenols is 2. The number of aromatic hydroxyl groups is 2. The minimum Gasteiger partial charge on any atom is -0.508 e. The molecule has 280 valence electrons. The van der Waals surface area contributed by atoms with E-state index in [1.807, 2.05) is 0 Å². The molecule has 0 bridgehead atoms. The first-order chi connectivity index (χ1) is 25.2. The third-order valence-corrected chi connectivity index (χ3v) is 12.2. The predicted molar refractivity (Wildman–Crippen MR) is 198 cm³/mol. The molecule has 21 heteroatoms. The van der Waals surface area contributed by atoms with Crippen molar-refractivity contribution >= 4 is 90.6 Å². The van der Waals surface area contributed by atoms with E-state index in [0.717, 1.165) is 36.4 Å². The number of hydrogen-bond donors (Lipinski definition) is 8. The van der Waals surface area contributed by atoms with Crippen LogP contribution in [0.3, 0.4) is 0 Å². The van der Waals surface area contributed by atoms with Crippen LogP contribution < -0.4 is 20.1 Å². The van der Waals surface area contributed by atoms with Gasteiger partial charge in [-0.2, -0.15) is 16.8 Å². The molecule has 0 aromatic heterocycles. The van der Waals surface area contributed by atoms with Gasteiger partial charge in [0.2, 0.25) is 0 Å². The molecule has 0 aliphatic heterocycles. The average molecular weight is 815 g/mol. The van der Waals surface area contributed by atoms with Crippen molar-refractivity contribution in [1.29, 1.82) is 0 Å². The molecule has 0 aliphatic rings. The SMILES string of the molecule is O=C(Nc1cccc(S(=O)(=O)Nc2ccc3cc(O)cc(S(=O)(=O)O)c3c2)c1)Nc1cccc(S(=O)(=O)Nc2ccc3cc(O)cc(S(=O)(=O)O)c3c2)c1. The first-order valence-electron chi connectivity index (χ1n) is 15.0. The fourth-order valence-electron chi connectivity index (χ4n) is 5.37. The van der Waals surface area contributed by atoms with Crippen LogP contribution in [0.2, 0.25) is 0 Å². The van der Waals surface area contributed by atoms with Crippen molar-refractivity contribution in [1.82, 2.24) is 0 Å². The van der Waals surface area contributed by atoms with Gasteiger partial charge in [0.05, 0.1) is 9.79 Å². The summed E-state index contributed by atoms with van der Waals surface area (Å²) in [7, 11) is -18.2. The zero-order valence-electron chi connectivity index (χ0n) is 27.0. The third kappa shape index (κ3) is 8.30. The molecular weight excluding hydrogens is 789 g/mol. The summed E-state index contributed by atoms with van der Waals surface area (Å²) in [6, 6.07) is 20.9. The number of benzene rings is 6. The summed E-state index contributed by atoms with van der Waals surface area (Å²) < 4.78 is 124. The molecule has 0 unspecified atom stereocenters. The van der Waals surface area contributed by atoms with E-state index < -0.39 is 67.6 Å². The molecule has 17 nitrogen and oxygen atoms in total. The molecule has 2 amide bonds. The molecule has 8 N–H and O–H groups in total. The lowest BCUT2D eigenvalue weighted by molar-refractivity contribution is 0.262. The molecule has 0 aliphatic carbocycles. The number of fused-ring (bicyclic) bond motifs is 2. The summed E-state index contributed by atoms with van der Waals surface area (Å²) in [5.41, 5.74) is -0.140. The van der Waals surface area contributed by atoms with Gasteiger partial charge in [-0.3, -0.25) is 18.5 Å². The number of anilines is 4. The van der Waals surface area contributed by atoms with Crippen molar-refractivity contribution in [3.63, 3.8) is 0 Å². The lowest BCUT2D eigenvalue weighted by Crippen LogP contribution is -2.20. The second kappa shape index (κ2) is 13.8. The Labute approximate surface area is 307 Å². The number of carbonyl (C=O) groups is 1. The largest absolute Gasteiger partial charge is 0.508 e. The van der Waals surface area contributed by atoms with Crippen molar-refractivity contribution < 1.29 is 57.8 Å². The van der Waals surface area contributed by atoms with Crippen molar-refractivity contribution in [3.05, 3.63) is 109 Å². The van der Waals surface area contributed by atoms with Crippen LogP contribution in [-0.2, 0) is 40.3 Å². The van der Waals surface area contributed by atoms with E-state index in [1.54, 1.807) is 0 Å². The fourth-order valence-corrected chi connectivity index (χ4v) is 9.01. The molecule has 0 saturated heterocycles. The molecular formula is C33H26N4O13S4. The molecule has 0 radical (unpaired) electrons. The zero-order chi connectivity index (χ0) is 39.2. The number of amides is 2. The molecule has 0 atom stereocenters. The number of carbonyl (C=O) groups excluding carboxylic acids is 1. The topological polar surface area (TPSA) is 283 Å². The van der Waals surface area contributed by atoms with Crippen LogP contribution in [-0.4, -0.2) is 59.0 Å². The lowest BCUT2D eigenvalue weighted by atomic mass is 10.1. The maximum atomic E-state index is 13.2. The number of rotatable bonds is 10. The van der Waals surface area contributed by atoms with Crippen LogP contribution in [0.1, 0.15) is 0 Å². The van der Waals surface area contributed by atoms with Crippen LogP contribution in [0.4, 0.5) is 27.5 Å². The quantitative estimate of drug-likeness (QED) is 0.0833. The van der Waals surface area contributed by atoms with Gasteiger partial charge in [-0.25, -0.2) is 21.6 Å². The Morgan fingerprint density at radius 3 is 1.22 bits per heavy atom. The van der Waals surface area contributed by atoms with Crippen LogP contribution >= 0.6 is 0 Å². The van der Waals surface area contributed by atoms with E-state index in [-0.39, 0.29) is 54.1 Å². The van der Waals surface area contributed by atoms with Gasteiger partial charge in [-0.1, -0.05) is 24.3 Å². The molecule has 6 aromatic rings. The van der Waals surface area contributed by atoms with Crippen molar-refractivity contribution in [2.24, 2.45) is 0 Å². The molecule has 0 heterocycles. The normalized spacial score (nSPS) is 12.3. The van der Waals surface area contributed by atoms with Crippen molar-refractivity contribution in [2.75, 3.05) is 20.1 Å². The summed E-state index contributed by atoms with van der Waals surface area (Å²) in [5, 5.41) is 24.8. The maximum absolute atomic E-state index is 13.2. The summed E-state index contributed by atoms with van der Waals surface area (Å²) >= 11 is 0. The van der Waals surface area contributed by atoms with E-state index in [9.17, 15) is 57.8 Å². The van der Waals surface area contributed by atoms with Gasteiger partial charge in [-0.05, 0) is 83.6 Å². The van der Waals surface area contributed by atoms with E-state index in [0.29, 0.717) is 0 Å². The summed E-state index contributed by atoms with van der Waals surface area (Å²) in [4.78, 5) is 11.0. The Morgan fingerprint density at radius 1 is 0.463 bits per heavy atom. The second-order valence-electron chi connectivity index (χ2n) is 11.6. The van der Waals surface area contributed by atoms with Gasteiger partial charge in [0.15, 0.2) is 0 Å². The van der Waals surface area contributed by atoms with Crippen LogP contribution in [0.15, 0.2) is 129 Å². The number of sulfonamides is 2. The second-order valence-corrected chi connectivity index (χ2v) is 17.7. The van der Waals surface area contributed by atoms with Gasteiger partial charge in [0, 0.05) is 45.7 Å². The molecule has 0 spiro atoms. The first kappa shape index (κ1) is 37.8. The summed E-state index contributed by atoms with van der Waals surface area (Å²) in [6.07, 6.45) is 0. The summed E-state index contributed by atoms with van der Waals surface area (Å²) in [5.74, 6) is -0.873. The van der Waals surface area contributed by atoms with Gasteiger partial charge >= 0.3 is 6.03 Å². The van der Waals surface area contributed by atoms with Crippen LogP contribution in [0.5, 0.6) is 11.5 Å². The molecule has 54 heavy (non-hydrogen) atoms. The lowest BCUT2D eigenvalue weighted by Gasteiger charge is -2.13. The maximum Gasteiger partial charge on any atom is 0.323 e. The first-order valence-corrected chi connectivity index (χ1v) is 20.8. The fraction of sp³-hybridized carbons (Fsp3) is 0. The highest BCUT2D eigenvalue weighted by molar-refractivity contribution is 7.93. The van der Waals surface area contributed by atoms with Gasteiger partial charge in [0.1, 0.15) is 21.3 Å². The monoisotopic (exact) mass is 814 g/mol. The van der Waals surface area contributed by atoms with Gasteiger partial charge < -0.3 is 20.8 Å². The zero-order valence-corrected chi connectivity index (χ0v) is 30.3.